The number of aromatic nitrogens is 4. The highest BCUT2D eigenvalue weighted by molar-refractivity contribution is 7.99. The van der Waals surface area contributed by atoms with Crippen molar-refractivity contribution in [2.75, 3.05) is 19.2 Å². The Morgan fingerprint density at radius 3 is 2.04 bits per heavy atom. The maximum absolute atomic E-state index is 14.3. The number of fused-ring (bicyclic) bond motifs is 1. The van der Waals surface area contributed by atoms with Crippen molar-refractivity contribution in [1.29, 1.82) is 0 Å². The van der Waals surface area contributed by atoms with Crippen molar-refractivity contribution in [2.45, 2.75) is 119 Å². The summed E-state index contributed by atoms with van der Waals surface area (Å²) >= 11 is 1.38. The predicted molar refractivity (Wildman–Crippen MR) is 180 cm³/mol. The van der Waals surface area contributed by atoms with Crippen molar-refractivity contribution in [3.63, 3.8) is 0 Å². The highest BCUT2D eigenvalue weighted by Crippen LogP contribution is 2.52. The van der Waals surface area contributed by atoms with Crippen LogP contribution >= 0.6 is 19.4 Å². The number of rotatable bonds is 20. The van der Waals surface area contributed by atoms with Crippen molar-refractivity contribution in [1.82, 2.24) is 19.5 Å². The van der Waals surface area contributed by atoms with Crippen molar-refractivity contribution >= 4 is 49.4 Å². The number of ether oxygens (including phenoxy) is 6. The van der Waals surface area contributed by atoms with E-state index in [0.717, 1.165) is 74.9 Å². The van der Waals surface area contributed by atoms with E-state index in [-0.39, 0.29) is 37.6 Å². The van der Waals surface area contributed by atoms with E-state index in [1.165, 1.54) is 11.8 Å². The SMILES string of the molecule is COc1ccc(Sc2nc(N)nc3c2ncn3CC(C)OCP(=O)(OC(OC=O)OC2CCCCC2)OC(OC=O)OC2CCCCC2)cc1. The van der Waals surface area contributed by atoms with Crippen molar-refractivity contribution in [2.24, 2.45) is 0 Å². The molecule has 18 heteroatoms. The Labute approximate surface area is 294 Å². The van der Waals surface area contributed by atoms with E-state index in [4.69, 9.17) is 43.2 Å². The number of nitrogen functional groups attached to an aromatic ring is 1. The molecule has 0 amide bonds. The van der Waals surface area contributed by atoms with Gasteiger partial charge in [-0.1, -0.05) is 50.3 Å². The van der Waals surface area contributed by atoms with Crippen LogP contribution in [-0.4, -0.2) is 77.2 Å². The molecule has 0 radical (unpaired) electrons. The third-order valence-corrected chi connectivity index (χ3v) is 10.7. The van der Waals surface area contributed by atoms with Crippen LogP contribution in [0, 0.1) is 0 Å². The average Bonchev–Trinajstić information content (AvgIpc) is 3.51. The molecule has 274 valence electrons. The summed E-state index contributed by atoms with van der Waals surface area (Å²) in [6.07, 6.45) is 8.49. The molecule has 3 unspecified atom stereocenters. The van der Waals surface area contributed by atoms with Gasteiger partial charge in [-0.2, -0.15) is 4.98 Å². The Balaban J connectivity index is 1.30. The quantitative estimate of drug-likeness (QED) is 0.0635. The minimum Gasteiger partial charge on any atom is -0.497 e. The molecule has 16 nitrogen and oxygen atoms in total. The first-order valence-corrected chi connectivity index (χ1v) is 19.2. The first-order valence-electron chi connectivity index (χ1n) is 16.6. The van der Waals surface area contributed by atoms with Gasteiger partial charge in [0.15, 0.2) is 5.65 Å². The normalized spacial score (nSPS) is 18.9. The standard InChI is InChI=1S/C32H44N5O11PS/c1-22(17-37-18-34-27-28(37)35-30(33)36-29(27)50-26-15-13-23(41-2)14-16-26)44-21-49(40,47-31(42-19-38)45-24-9-5-3-6-10-24)48-32(43-20-39)46-25-11-7-4-8-12-25/h13-16,18-20,22,24-25,31-32H,3-12,17,21H2,1-2H3,(H2,33,35,36). The maximum atomic E-state index is 14.3. The lowest BCUT2D eigenvalue weighted by Gasteiger charge is -2.31. The first-order chi connectivity index (χ1) is 24.3. The number of carbonyl (C=O) groups excluding carboxylic acids is 2. The van der Waals surface area contributed by atoms with E-state index in [9.17, 15) is 14.2 Å². The molecule has 3 aromatic rings. The molecule has 5 rings (SSSR count). The number of hydrogen-bond acceptors (Lipinski definition) is 16. The van der Waals surface area contributed by atoms with E-state index < -0.39 is 33.0 Å². The van der Waals surface area contributed by atoms with Gasteiger partial charge in [0.25, 0.3) is 12.9 Å². The molecule has 0 spiro atoms. The van der Waals surface area contributed by atoms with Gasteiger partial charge in [-0.25, -0.2) is 19.0 Å². The summed E-state index contributed by atoms with van der Waals surface area (Å²) in [5, 5.41) is 0.565. The lowest BCUT2D eigenvalue weighted by Crippen LogP contribution is -2.32. The van der Waals surface area contributed by atoms with Gasteiger partial charge >= 0.3 is 20.5 Å². The number of carbonyl (C=O) groups is 2. The van der Waals surface area contributed by atoms with Gasteiger partial charge < -0.3 is 38.7 Å². The molecular weight excluding hydrogens is 693 g/mol. The highest BCUT2D eigenvalue weighted by atomic mass is 32.2. The van der Waals surface area contributed by atoms with Gasteiger partial charge in [-0.3, -0.25) is 14.2 Å². The van der Waals surface area contributed by atoms with Gasteiger partial charge in [-0.05, 0) is 56.9 Å². The van der Waals surface area contributed by atoms with Crippen LogP contribution in [0.1, 0.15) is 71.1 Å². The zero-order valence-electron chi connectivity index (χ0n) is 28.1. The number of imidazole rings is 1. The zero-order chi connectivity index (χ0) is 35.3. The second kappa shape index (κ2) is 18.8. The highest BCUT2D eigenvalue weighted by Gasteiger charge is 2.38. The van der Waals surface area contributed by atoms with Crippen LogP contribution in [0.25, 0.3) is 11.2 Å². The van der Waals surface area contributed by atoms with Crippen LogP contribution in [0.2, 0.25) is 0 Å². The van der Waals surface area contributed by atoms with E-state index >= 15 is 0 Å². The van der Waals surface area contributed by atoms with E-state index in [1.54, 1.807) is 24.9 Å². The molecule has 2 saturated carbocycles. The molecule has 2 N–H and O–H groups in total. The van der Waals surface area contributed by atoms with Gasteiger partial charge in [0.05, 0.1) is 38.3 Å². The van der Waals surface area contributed by atoms with Gasteiger partial charge in [0.2, 0.25) is 5.95 Å². The van der Waals surface area contributed by atoms with Gasteiger partial charge in [-0.15, -0.1) is 0 Å². The Morgan fingerprint density at radius 2 is 1.50 bits per heavy atom. The van der Waals surface area contributed by atoms with Crippen molar-refractivity contribution in [3.8, 4) is 5.75 Å². The van der Waals surface area contributed by atoms with Gasteiger partial charge in [0.1, 0.15) is 22.6 Å². The Kier molecular flexibility index (Phi) is 14.3. The summed E-state index contributed by atoms with van der Waals surface area (Å²) in [4.78, 5) is 37.0. The minimum absolute atomic E-state index is 0.0634. The van der Waals surface area contributed by atoms with E-state index in [2.05, 4.69) is 15.0 Å². The number of nitrogens with zero attached hydrogens (tertiary/aromatic N) is 4. The maximum Gasteiger partial charge on any atom is 0.365 e. The van der Waals surface area contributed by atoms with Gasteiger partial charge in [0, 0.05) is 4.90 Å². The third kappa shape index (κ3) is 11.1. The molecular formula is C32H44N5O11PS. The van der Waals surface area contributed by atoms with Crippen LogP contribution in [0.15, 0.2) is 40.5 Å². The third-order valence-electron chi connectivity index (χ3n) is 8.23. The molecule has 2 heterocycles. The largest absolute Gasteiger partial charge is 0.497 e. The molecule has 2 fully saturated rings. The number of nitrogens with two attached hydrogens (primary N) is 1. The molecule has 2 aromatic heterocycles. The molecule has 0 bridgehead atoms. The Bertz CT molecular complexity index is 1530. The van der Waals surface area contributed by atoms with Crippen molar-refractivity contribution < 1.29 is 51.6 Å². The molecule has 3 atom stereocenters. The molecule has 2 aliphatic carbocycles. The second-order valence-electron chi connectivity index (χ2n) is 12.0. The van der Waals surface area contributed by atoms with Crippen LogP contribution < -0.4 is 10.5 Å². The second-order valence-corrected chi connectivity index (χ2v) is 15.0. The van der Waals surface area contributed by atoms with E-state index in [1.807, 2.05) is 24.3 Å². The molecule has 0 aliphatic heterocycles. The monoisotopic (exact) mass is 737 g/mol. The molecule has 2 aliphatic rings. The predicted octanol–water partition coefficient (Wildman–Crippen LogP) is 5.77. The Morgan fingerprint density at radius 1 is 0.920 bits per heavy atom. The first kappa shape index (κ1) is 37.9. The van der Waals surface area contributed by atoms with Crippen molar-refractivity contribution in [3.05, 3.63) is 30.6 Å². The van der Waals surface area contributed by atoms with Crippen LogP contribution in [0.3, 0.4) is 0 Å². The smallest absolute Gasteiger partial charge is 0.365 e. The summed E-state index contributed by atoms with van der Waals surface area (Å²) in [7, 11) is -2.80. The minimum atomic E-state index is -4.40. The summed E-state index contributed by atoms with van der Waals surface area (Å²) in [5.74, 6) is 0.792. The fourth-order valence-electron chi connectivity index (χ4n) is 5.76. The topological polar surface area (TPSA) is 195 Å². The summed E-state index contributed by atoms with van der Waals surface area (Å²) in [6, 6.07) is 7.49. The molecule has 0 saturated heterocycles. The summed E-state index contributed by atoms with van der Waals surface area (Å²) in [5.41, 5.74) is 7.09. The number of anilines is 1. The number of benzene rings is 1. The van der Waals surface area contributed by atoms with Crippen LogP contribution in [0.5, 0.6) is 5.75 Å². The summed E-state index contributed by atoms with van der Waals surface area (Å²) < 4.78 is 60.4. The Hall–Kier alpha value is -3.31. The number of hydrogen-bond donors (Lipinski definition) is 1. The number of methoxy groups -OCH3 is 1. The zero-order valence-corrected chi connectivity index (χ0v) is 29.8. The summed E-state index contributed by atoms with van der Waals surface area (Å²) in [6.45, 7) is -1.10. The fourth-order valence-corrected chi connectivity index (χ4v) is 7.97. The molecule has 50 heavy (non-hydrogen) atoms. The fraction of sp³-hybridized carbons (Fsp3) is 0.594. The lowest BCUT2D eigenvalue weighted by molar-refractivity contribution is -0.275. The van der Waals surface area contributed by atoms with Crippen LogP contribution in [0.4, 0.5) is 5.95 Å². The van der Waals surface area contributed by atoms with E-state index in [0.29, 0.717) is 16.2 Å². The lowest BCUT2D eigenvalue weighted by atomic mass is 9.98. The average molecular weight is 738 g/mol. The van der Waals surface area contributed by atoms with Crippen LogP contribution in [-0.2, 0) is 53.4 Å². The molecule has 1 aromatic carbocycles.